The van der Waals surface area contributed by atoms with E-state index in [1.165, 1.54) is 6.07 Å². The van der Waals surface area contributed by atoms with Gasteiger partial charge in [0.1, 0.15) is 41.5 Å². The van der Waals surface area contributed by atoms with Gasteiger partial charge in [0.25, 0.3) is 0 Å². The highest BCUT2D eigenvalue weighted by atomic mass is 35.5. The number of rotatable bonds is 5. The van der Waals surface area contributed by atoms with Crippen molar-refractivity contribution in [3.05, 3.63) is 23.8 Å². The number of phenolic OH excluding ortho intramolecular Hbond substituents is 2. The van der Waals surface area contributed by atoms with Gasteiger partial charge < -0.3 is 59.4 Å². The average Bonchev–Trinajstić information content (AvgIpc) is 2.97. The maximum atomic E-state index is 12.8. The lowest BCUT2D eigenvalue weighted by molar-refractivity contribution is -0.370. The average molecular weight is 535 g/mol. The van der Waals surface area contributed by atoms with E-state index < -0.39 is 96.3 Å². The highest BCUT2D eigenvalue weighted by molar-refractivity contribution is 6.22. The van der Waals surface area contributed by atoms with E-state index in [2.05, 4.69) is 0 Å². The summed E-state index contributed by atoms with van der Waals surface area (Å²) in [4.78, 5) is 12.8. The second kappa shape index (κ2) is 9.51. The molecule has 0 spiro atoms. The minimum Gasteiger partial charge on any atom is -0.504 e. The van der Waals surface area contributed by atoms with Gasteiger partial charge in [-0.1, -0.05) is 0 Å². The number of aromatic hydroxyl groups is 2. The third-order valence-corrected chi connectivity index (χ3v) is 7.97. The van der Waals surface area contributed by atoms with Crippen molar-refractivity contribution in [1.82, 2.24) is 0 Å². The fraction of sp³-hybridized carbons (Fsp3) is 0.682. The predicted molar refractivity (Wildman–Crippen MR) is 115 cm³/mol. The van der Waals surface area contributed by atoms with E-state index in [1.54, 1.807) is 0 Å². The molecule has 36 heavy (non-hydrogen) atoms. The van der Waals surface area contributed by atoms with Crippen LogP contribution in [0.2, 0.25) is 0 Å². The van der Waals surface area contributed by atoms with Crippen LogP contribution in [0.4, 0.5) is 0 Å². The minimum absolute atomic E-state index is 0.0489. The number of aliphatic hydroxyl groups excluding tert-OH is 4. The molecule has 5 fully saturated rings. The first-order valence-corrected chi connectivity index (χ1v) is 11.8. The van der Waals surface area contributed by atoms with Gasteiger partial charge in [-0.15, -0.1) is 11.6 Å². The largest absolute Gasteiger partial charge is 0.504 e. The molecule has 4 heterocycles. The first kappa shape index (κ1) is 25.9. The SMILES string of the molecule is O=C(O[C@@H]1[C@H]2C[C@H]3OC[C@@](O)([C@H]2[C@@H](O[C@H]2O[C@H](CO)[C@@H](O)[C@H](O)[C@H]2O)O3)[C@@H]1Cl)c1ccc(O)c(O)c1. The van der Waals surface area contributed by atoms with Crippen LogP contribution in [-0.2, 0) is 23.7 Å². The number of fused-ring (bicyclic) bond motifs is 2. The van der Waals surface area contributed by atoms with E-state index in [0.29, 0.717) is 0 Å². The summed E-state index contributed by atoms with van der Waals surface area (Å²) in [6.45, 7) is -0.928. The number of halogens is 1. The fourth-order valence-corrected chi connectivity index (χ4v) is 5.86. The number of carbonyl (C=O) groups is 1. The van der Waals surface area contributed by atoms with Crippen LogP contribution in [0.1, 0.15) is 16.8 Å². The zero-order valence-corrected chi connectivity index (χ0v) is 19.4. The normalized spacial score (nSPS) is 45.9. The fourth-order valence-electron chi connectivity index (χ4n) is 5.42. The highest BCUT2D eigenvalue weighted by Gasteiger charge is 2.68. The van der Waals surface area contributed by atoms with E-state index in [0.717, 1.165) is 12.1 Å². The molecule has 4 aliphatic heterocycles. The van der Waals surface area contributed by atoms with Crippen LogP contribution in [0.5, 0.6) is 11.5 Å². The highest BCUT2D eigenvalue weighted by Crippen LogP contribution is 2.55. The molecular weight excluding hydrogens is 508 g/mol. The van der Waals surface area contributed by atoms with Gasteiger partial charge in [-0.25, -0.2) is 4.79 Å². The number of phenols is 2. The molecule has 1 saturated carbocycles. The van der Waals surface area contributed by atoms with Crippen molar-refractivity contribution in [2.75, 3.05) is 13.2 Å². The molecule has 1 aromatic rings. The van der Waals surface area contributed by atoms with Crippen molar-refractivity contribution in [1.29, 1.82) is 0 Å². The summed E-state index contributed by atoms with van der Waals surface area (Å²) >= 11 is 6.60. The van der Waals surface area contributed by atoms with Crippen molar-refractivity contribution in [2.45, 2.75) is 66.8 Å². The number of alkyl halides is 1. The molecule has 4 bridgehead atoms. The van der Waals surface area contributed by atoms with Gasteiger partial charge in [-0.3, -0.25) is 0 Å². The van der Waals surface area contributed by atoms with Crippen molar-refractivity contribution in [2.24, 2.45) is 11.8 Å². The Bertz CT molecular complexity index is 993. The Morgan fingerprint density at radius 3 is 2.53 bits per heavy atom. The Morgan fingerprint density at radius 2 is 1.83 bits per heavy atom. The lowest BCUT2D eigenvalue weighted by Gasteiger charge is -2.44. The topological polar surface area (TPSA) is 205 Å². The van der Waals surface area contributed by atoms with Gasteiger partial charge in [0.2, 0.25) is 0 Å². The molecule has 1 aromatic carbocycles. The molecule has 200 valence electrons. The molecule has 1 aliphatic carbocycles. The van der Waals surface area contributed by atoms with Gasteiger partial charge in [-0.05, 0) is 18.2 Å². The molecule has 12 atom stereocenters. The molecule has 0 unspecified atom stereocenters. The molecule has 0 aromatic heterocycles. The second-order valence-electron chi connectivity index (χ2n) is 9.47. The van der Waals surface area contributed by atoms with Crippen LogP contribution in [0.3, 0.4) is 0 Å². The summed E-state index contributed by atoms with van der Waals surface area (Å²) in [5.41, 5.74) is -1.84. The van der Waals surface area contributed by atoms with E-state index in [1.807, 2.05) is 0 Å². The van der Waals surface area contributed by atoms with E-state index in [-0.39, 0.29) is 18.6 Å². The van der Waals surface area contributed by atoms with Crippen LogP contribution in [0, 0.1) is 11.8 Å². The van der Waals surface area contributed by atoms with Crippen LogP contribution >= 0.6 is 11.6 Å². The number of aliphatic hydroxyl groups is 5. The molecule has 6 rings (SSSR count). The first-order chi connectivity index (χ1) is 17.0. The second-order valence-corrected chi connectivity index (χ2v) is 9.94. The zero-order chi connectivity index (χ0) is 25.9. The molecule has 0 radical (unpaired) electrons. The molecule has 5 aliphatic rings. The maximum Gasteiger partial charge on any atom is 0.338 e. The zero-order valence-electron chi connectivity index (χ0n) is 18.7. The van der Waals surface area contributed by atoms with Gasteiger partial charge in [0.15, 0.2) is 30.4 Å². The lowest BCUT2D eigenvalue weighted by atomic mass is 9.83. The van der Waals surface area contributed by atoms with Crippen LogP contribution in [-0.4, -0.2) is 115 Å². The van der Waals surface area contributed by atoms with Crippen molar-refractivity contribution in [3.8, 4) is 11.5 Å². The third kappa shape index (κ3) is 4.13. The summed E-state index contributed by atoms with van der Waals surface area (Å²) in [6.07, 6.45) is -10.8. The van der Waals surface area contributed by atoms with Crippen molar-refractivity contribution in [3.63, 3.8) is 0 Å². The van der Waals surface area contributed by atoms with Crippen LogP contribution in [0.25, 0.3) is 0 Å². The Morgan fingerprint density at radius 1 is 1.08 bits per heavy atom. The summed E-state index contributed by atoms with van der Waals surface area (Å²) in [6, 6.07) is 3.42. The predicted octanol–water partition coefficient (Wildman–Crippen LogP) is -1.87. The summed E-state index contributed by atoms with van der Waals surface area (Å²) in [5, 5.41) is 69.5. The van der Waals surface area contributed by atoms with Crippen LogP contribution < -0.4 is 0 Å². The summed E-state index contributed by atoms with van der Waals surface area (Å²) < 4.78 is 28.3. The number of hydrogen-bond donors (Lipinski definition) is 7. The Labute approximate surface area is 209 Å². The van der Waals surface area contributed by atoms with Crippen molar-refractivity contribution < 1.29 is 64.2 Å². The minimum atomic E-state index is -1.79. The molecule has 14 heteroatoms. The summed E-state index contributed by atoms with van der Waals surface area (Å²) in [5.74, 6) is -3.31. The van der Waals surface area contributed by atoms with E-state index in [9.17, 15) is 40.5 Å². The monoisotopic (exact) mass is 534 g/mol. The summed E-state index contributed by atoms with van der Waals surface area (Å²) in [7, 11) is 0. The van der Waals surface area contributed by atoms with Gasteiger partial charge in [0, 0.05) is 18.3 Å². The lowest BCUT2D eigenvalue weighted by Crippen LogP contribution is -2.61. The van der Waals surface area contributed by atoms with E-state index >= 15 is 0 Å². The molecular formula is C22H27ClO13. The maximum absolute atomic E-state index is 12.8. The Hall–Kier alpha value is -1.78. The third-order valence-electron chi connectivity index (χ3n) is 7.34. The standard InChI is InChI=1S/C22H27ClO13/c23-18-17(35-19(30)7-1-2-9(25)10(26)3-7)8-4-12-32-6-22(18,31)13(8)20(34-12)36-21-16(29)15(28)14(27)11(5-24)33-21/h1-3,8,11-18,20-21,24-29,31H,4-6H2/t8-,11+,12-,13+,14+,15-,16+,17+,18+,20+,21+,22+/m0/s1. The number of esters is 1. The van der Waals surface area contributed by atoms with Gasteiger partial charge in [-0.2, -0.15) is 0 Å². The first-order valence-electron chi connectivity index (χ1n) is 11.4. The number of benzene rings is 1. The molecule has 4 saturated heterocycles. The van der Waals surface area contributed by atoms with Gasteiger partial charge in [0.05, 0.1) is 18.8 Å². The number of ether oxygens (including phenoxy) is 5. The quantitative estimate of drug-likeness (QED) is 0.126. The number of carbonyl (C=O) groups excluding carboxylic acids is 1. The smallest absolute Gasteiger partial charge is 0.338 e. The molecule has 13 nitrogen and oxygen atoms in total. The van der Waals surface area contributed by atoms with E-state index in [4.69, 9.17) is 35.3 Å². The van der Waals surface area contributed by atoms with Gasteiger partial charge >= 0.3 is 5.97 Å². The van der Waals surface area contributed by atoms with Crippen LogP contribution in [0.15, 0.2) is 18.2 Å². The Kier molecular flexibility index (Phi) is 6.83. The molecule has 0 amide bonds. The van der Waals surface area contributed by atoms with Crippen molar-refractivity contribution >= 4 is 17.6 Å². The Balaban J connectivity index is 1.38. The molecule has 7 N–H and O–H groups in total. The number of hydrogen-bond acceptors (Lipinski definition) is 13.